The number of nitrogens with two attached hydrogens (primary N) is 1. The molecule has 5 nitrogen and oxygen atoms in total. The number of hydrogen-bond acceptors (Lipinski definition) is 3. The first-order chi connectivity index (χ1) is 12.7. The number of aromatic nitrogens is 1. The number of aromatic amines is 1. The number of nitrogens with one attached hydrogen (secondary N) is 1. The number of carbonyl (C=O) groups excluding carboxylic acids is 1. The Morgan fingerprint density at radius 2 is 1.69 bits per heavy atom. The maximum absolute atomic E-state index is 10.5. The molecular weight excluding hydrogens is 328 g/mol. The summed E-state index contributed by atoms with van der Waals surface area (Å²) >= 11 is 0. The van der Waals surface area contributed by atoms with Gasteiger partial charge < -0.3 is 20.2 Å². The Morgan fingerprint density at radius 1 is 1.08 bits per heavy atom. The van der Waals surface area contributed by atoms with Gasteiger partial charge >= 0.3 is 0 Å². The summed E-state index contributed by atoms with van der Waals surface area (Å²) in [6, 6.07) is 7.98. The van der Waals surface area contributed by atoms with Crippen molar-refractivity contribution in [1.82, 2.24) is 4.98 Å². The summed E-state index contributed by atoms with van der Waals surface area (Å²) in [5.41, 5.74) is 6.22. The summed E-state index contributed by atoms with van der Waals surface area (Å²) < 4.78 is 10.1. The van der Waals surface area contributed by atoms with Crippen molar-refractivity contribution in [2.45, 2.75) is 51.4 Å². The fraction of sp³-hybridized carbons (Fsp3) is 0.571. The van der Waals surface area contributed by atoms with E-state index in [9.17, 15) is 4.79 Å². The highest BCUT2D eigenvalue weighted by Gasteiger charge is 2.18. The average Bonchev–Trinajstić information content (AvgIpc) is 3.18. The Morgan fingerprint density at radius 3 is 2.19 bits per heavy atom. The van der Waals surface area contributed by atoms with Gasteiger partial charge in [0.25, 0.3) is 0 Å². The lowest BCUT2D eigenvalue weighted by Gasteiger charge is -2.18. The van der Waals surface area contributed by atoms with Gasteiger partial charge in [-0.1, -0.05) is 38.5 Å². The standard InChI is InChI=1S/C9H9NO.C6H11NO2.C6H12/c1-11-8-2-3-9-7(6-8)4-5-10-9;7-6(8)5-1-3-9-4-2-5;1-2-4-6-5-3-1/h2-6,10H,1H3;5H,1-4H2,(H2,7,8);1-6H2. The molecule has 0 radical (unpaired) electrons. The van der Waals surface area contributed by atoms with E-state index in [4.69, 9.17) is 15.2 Å². The van der Waals surface area contributed by atoms with Crippen molar-refractivity contribution < 1.29 is 14.3 Å². The third-order valence-corrected chi connectivity index (χ3v) is 4.88. The van der Waals surface area contributed by atoms with Crippen LogP contribution in [0.25, 0.3) is 10.9 Å². The Kier molecular flexibility index (Phi) is 9.04. The molecule has 2 heterocycles. The number of primary amides is 1. The molecule has 1 amide bonds. The van der Waals surface area contributed by atoms with Crippen LogP contribution in [0.4, 0.5) is 0 Å². The van der Waals surface area contributed by atoms with Crippen LogP contribution in [0.1, 0.15) is 51.4 Å². The molecule has 2 aliphatic rings. The van der Waals surface area contributed by atoms with Crippen LogP contribution < -0.4 is 10.5 Å². The Balaban J connectivity index is 0.000000147. The summed E-state index contributed by atoms with van der Waals surface area (Å²) in [4.78, 5) is 13.6. The molecule has 1 aromatic carbocycles. The highest BCUT2D eigenvalue weighted by Crippen LogP contribution is 2.18. The van der Waals surface area contributed by atoms with Crippen molar-refractivity contribution in [3.05, 3.63) is 30.5 Å². The van der Waals surface area contributed by atoms with E-state index in [-0.39, 0.29) is 11.8 Å². The highest BCUT2D eigenvalue weighted by atomic mass is 16.5. The number of rotatable bonds is 2. The van der Waals surface area contributed by atoms with Gasteiger partial charge in [-0.3, -0.25) is 4.79 Å². The predicted octanol–water partition coefficient (Wildman–Crippen LogP) is 4.42. The minimum absolute atomic E-state index is 0.0683. The van der Waals surface area contributed by atoms with E-state index in [0.29, 0.717) is 13.2 Å². The van der Waals surface area contributed by atoms with Gasteiger partial charge in [-0.05, 0) is 37.1 Å². The molecule has 26 heavy (non-hydrogen) atoms. The second-order valence-electron chi connectivity index (χ2n) is 6.84. The number of fused-ring (bicyclic) bond motifs is 1. The van der Waals surface area contributed by atoms with E-state index >= 15 is 0 Å². The first-order valence-corrected chi connectivity index (χ1v) is 9.69. The molecule has 0 unspecified atom stereocenters. The molecule has 1 aromatic heterocycles. The molecule has 2 fully saturated rings. The summed E-state index contributed by atoms with van der Waals surface area (Å²) in [5, 5.41) is 1.18. The van der Waals surface area contributed by atoms with Crippen LogP contribution >= 0.6 is 0 Å². The first kappa shape index (κ1) is 20.3. The predicted molar refractivity (Wildman–Crippen MR) is 105 cm³/mol. The third kappa shape index (κ3) is 7.08. The van der Waals surface area contributed by atoms with Crippen molar-refractivity contribution >= 4 is 16.8 Å². The van der Waals surface area contributed by atoms with Crippen molar-refractivity contribution in [3.8, 4) is 5.75 Å². The molecule has 1 saturated carbocycles. The van der Waals surface area contributed by atoms with Crippen LogP contribution in [0.15, 0.2) is 30.5 Å². The van der Waals surface area contributed by atoms with Gasteiger partial charge in [-0.2, -0.15) is 0 Å². The maximum atomic E-state index is 10.5. The zero-order chi connectivity index (χ0) is 18.6. The number of ether oxygens (including phenoxy) is 2. The third-order valence-electron chi connectivity index (χ3n) is 4.88. The fourth-order valence-electron chi connectivity index (χ4n) is 3.20. The van der Waals surface area contributed by atoms with Crippen molar-refractivity contribution in [1.29, 1.82) is 0 Å². The molecule has 5 heteroatoms. The van der Waals surface area contributed by atoms with Crippen LogP contribution in [-0.4, -0.2) is 31.2 Å². The lowest BCUT2D eigenvalue weighted by atomic mass is 10.0. The number of methoxy groups -OCH3 is 1. The van der Waals surface area contributed by atoms with Crippen molar-refractivity contribution in [2.24, 2.45) is 11.7 Å². The fourth-order valence-corrected chi connectivity index (χ4v) is 3.20. The lowest BCUT2D eigenvalue weighted by molar-refractivity contribution is -0.124. The molecule has 0 atom stereocenters. The topological polar surface area (TPSA) is 77.3 Å². The quantitative estimate of drug-likeness (QED) is 0.832. The van der Waals surface area contributed by atoms with Crippen LogP contribution in [-0.2, 0) is 9.53 Å². The zero-order valence-electron chi connectivity index (χ0n) is 15.8. The molecule has 1 aliphatic heterocycles. The summed E-state index contributed by atoms with van der Waals surface area (Å²) in [6.45, 7) is 1.38. The smallest absolute Gasteiger partial charge is 0.220 e. The molecule has 2 aromatic rings. The molecule has 1 saturated heterocycles. The molecule has 0 spiro atoms. The second kappa shape index (κ2) is 11.6. The summed E-state index contributed by atoms with van der Waals surface area (Å²) in [7, 11) is 1.67. The van der Waals surface area contributed by atoms with E-state index in [2.05, 4.69) is 4.98 Å². The number of hydrogen-bond donors (Lipinski definition) is 2. The summed E-state index contributed by atoms with van der Waals surface area (Å²) in [6.07, 6.45) is 12.5. The van der Waals surface area contributed by atoms with Crippen LogP contribution in [0, 0.1) is 5.92 Å². The molecular formula is C21H32N2O3. The van der Waals surface area contributed by atoms with Gasteiger partial charge in [0.15, 0.2) is 0 Å². The number of amides is 1. The molecule has 4 rings (SSSR count). The Labute approximate surface area is 156 Å². The minimum atomic E-state index is -0.182. The van der Waals surface area contributed by atoms with E-state index in [1.54, 1.807) is 7.11 Å². The van der Waals surface area contributed by atoms with E-state index in [0.717, 1.165) is 24.1 Å². The van der Waals surface area contributed by atoms with Gasteiger partial charge in [0.2, 0.25) is 5.91 Å². The molecule has 0 bridgehead atoms. The molecule has 1 aliphatic carbocycles. The monoisotopic (exact) mass is 360 g/mol. The van der Waals surface area contributed by atoms with Gasteiger partial charge in [-0.25, -0.2) is 0 Å². The first-order valence-electron chi connectivity index (χ1n) is 9.69. The maximum Gasteiger partial charge on any atom is 0.220 e. The van der Waals surface area contributed by atoms with Crippen LogP contribution in [0.2, 0.25) is 0 Å². The molecule has 144 valence electrons. The average molecular weight is 360 g/mol. The number of carbonyl (C=O) groups is 1. The molecule has 3 N–H and O–H groups in total. The van der Waals surface area contributed by atoms with Crippen molar-refractivity contribution in [3.63, 3.8) is 0 Å². The van der Waals surface area contributed by atoms with E-state index in [1.807, 2.05) is 30.5 Å². The lowest BCUT2D eigenvalue weighted by Crippen LogP contribution is -2.28. The van der Waals surface area contributed by atoms with E-state index in [1.165, 1.54) is 43.9 Å². The van der Waals surface area contributed by atoms with Crippen LogP contribution in [0.5, 0.6) is 5.75 Å². The number of H-pyrrole nitrogens is 1. The Bertz CT molecular complexity index is 632. The SMILES string of the molecule is C1CCCCC1.COc1ccc2[nH]ccc2c1.NC(=O)C1CCOCC1. The van der Waals surface area contributed by atoms with Gasteiger partial charge in [0, 0.05) is 36.2 Å². The van der Waals surface area contributed by atoms with Gasteiger partial charge in [0.05, 0.1) is 7.11 Å². The highest BCUT2D eigenvalue weighted by molar-refractivity contribution is 5.80. The summed E-state index contributed by atoms with van der Waals surface area (Å²) in [5.74, 6) is 0.786. The largest absolute Gasteiger partial charge is 0.497 e. The normalized spacial score (nSPS) is 17.4. The van der Waals surface area contributed by atoms with Crippen molar-refractivity contribution in [2.75, 3.05) is 20.3 Å². The Hall–Kier alpha value is -2.01. The van der Waals surface area contributed by atoms with Gasteiger partial charge in [-0.15, -0.1) is 0 Å². The van der Waals surface area contributed by atoms with E-state index < -0.39 is 0 Å². The minimum Gasteiger partial charge on any atom is -0.497 e. The van der Waals surface area contributed by atoms with Gasteiger partial charge in [0.1, 0.15) is 5.75 Å². The van der Waals surface area contributed by atoms with Crippen LogP contribution in [0.3, 0.4) is 0 Å². The zero-order valence-corrected chi connectivity index (χ0v) is 15.8. The second-order valence-corrected chi connectivity index (χ2v) is 6.84. The number of benzene rings is 1.